The number of carboxylic acid groups (broad SMARTS) is 1. The van der Waals surface area contributed by atoms with Crippen LogP contribution < -0.4 is 0 Å². The van der Waals surface area contributed by atoms with E-state index in [0.717, 1.165) is 6.07 Å². The van der Waals surface area contributed by atoms with E-state index in [1.165, 1.54) is 31.4 Å². The molecule has 0 unspecified atom stereocenters. The van der Waals surface area contributed by atoms with Gasteiger partial charge in [0, 0.05) is 0 Å². The molecule has 20 heavy (non-hydrogen) atoms. The molecule has 0 heterocycles. The second-order valence-electron chi connectivity index (χ2n) is 4.07. The first-order valence-corrected chi connectivity index (χ1v) is 5.74. The van der Waals surface area contributed by atoms with Crippen molar-refractivity contribution in [3.63, 3.8) is 0 Å². The van der Waals surface area contributed by atoms with E-state index in [1.807, 2.05) is 0 Å². The Kier molecular flexibility index (Phi) is 3.79. The summed E-state index contributed by atoms with van der Waals surface area (Å²) in [5, 5.41) is 8.95. The molecule has 0 amide bonds. The number of hydrogen-bond acceptors (Lipinski definition) is 3. The summed E-state index contributed by atoms with van der Waals surface area (Å²) in [6.45, 7) is 0. The molecule has 0 aliphatic carbocycles. The van der Waals surface area contributed by atoms with E-state index in [9.17, 15) is 14.0 Å². The largest absolute Gasteiger partial charge is 0.478 e. The lowest BCUT2D eigenvalue weighted by atomic mass is 10.0. The topological polar surface area (TPSA) is 63.6 Å². The lowest BCUT2D eigenvalue weighted by Gasteiger charge is -2.06. The predicted molar refractivity (Wildman–Crippen MR) is 70.1 cm³/mol. The van der Waals surface area contributed by atoms with Crippen molar-refractivity contribution in [1.82, 2.24) is 0 Å². The van der Waals surface area contributed by atoms with Gasteiger partial charge in [0.15, 0.2) is 0 Å². The van der Waals surface area contributed by atoms with Gasteiger partial charge in [-0.15, -0.1) is 0 Å². The van der Waals surface area contributed by atoms with Crippen LogP contribution in [0.2, 0.25) is 0 Å². The fraction of sp³-hybridized carbons (Fsp3) is 0.0667. The van der Waals surface area contributed by atoms with E-state index < -0.39 is 17.8 Å². The van der Waals surface area contributed by atoms with Crippen LogP contribution in [0.15, 0.2) is 42.5 Å². The molecule has 0 aliphatic rings. The van der Waals surface area contributed by atoms with Gasteiger partial charge in [0.2, 0.25) is 0 Å². The molecule has 0 aliphatic heterocycles. The van der Waals surface area contributed by atoms with Crippen LogP contribution in [0.3, 0.4) is 0 Å². The first-order chi connectivity index (χ1) is 9.52. The normalized spacial score (nSPS) is 10.1. The summed E-state index contributed by atoms with van der Waals surface area (Å²) in [6.07, 6.45) is 0. The molecule has 2 aromatic carbocycles. The predicted octanol–water partition coefficient (Wildman–Crippen LogP) is 2.98. The van der Waals surface area contributed by atoms with Gasteiger partial charge in [-0.3, -0.25) is 0 Å². The van der Waals surface area contributed by atoms with Gasteiger partial charge in [-0.25, -0.2) is 14.0 Å². The van der Waals surface area contributed by atoms with Gasteiger partial charge < -0.3 is 9.84 Å². The minimum atomic E-state index is -1.05. The van der Waals surface area contributed by atoms with E-state index in [2.05, 4.69) is 4.74 Å². The molecule has 2 aromatic rings. The van der Waals surface area contributed by atoms with Crippen molar-refractivity contribution >= 4 is 11.9 Å². The minimum Gasteiger partial charge on any atom is -0.478 e. The standard InChI is InChI=1S/C15H11FO4/c1-20-15(19)12-8-10(5-6-13(12)16)9-3-2-4-11(7-9)14(17)18/h2-8H,1H3,(H,17,18). The average molecular weight is 274 g/mol. The molecule has 0 atom stereocenters. The number of aromatic carboxylic acids is 1. The van der Waals surface area contributed by atoms with Crippen LogP contribution in [0.4, 0.5) is 4.39 Å². The van der Waals surface area contributed by atoms with Crippen molar-refractivity contribution in [1.29, 1.82) is 0 Å². The van der Waals surface area contributed by atoms with Crippen LogP contribution in [-0.4, -0.2) is 24.2 Å². The molecule has 102 valence electrons. The number of carboxylic acids is 1. The fourth-order valence-electron chi connectivity index (χ4n) is 1.80. The minimum absolute atomic E-state index is 0.117. The Balaban J connectivity index is 2.50. The number of carbonyl (C=O) groups is 2. The average Bonchev–Trinajstić information content (AvgIpc) is 2.47. The highest BCUT2D eigenvalue weighted by Crippen LogP contribution is 2.23. The van der Waals surface area contributed by atoms with E-state index in [1.54, 1.807) is 12.1 Å². The second-order valence-corrected chi connectivity index (χ2v) is 4.07. The summed E-state index contributed by atoms with van der Waals surface area (Å²) in [5.74, 6) is -2.52. The zero-order valence-corrected chi connectivity index (χ0v) is 10.6. The van der Waals surface area contributed by atoms with Gasteiger partial charge in [0.1, 0.15) is 5.82 Å². The lowest BCUT2D eigenvalue weighted by Crippen LogP contribution is -2.04. The van der Waals surface area contributed by atoms with Crippen molar-refractivity contribution in [2.24, 2.45) is 0 Å². The highest BCUT2D eigenvalue weighted by Gasteiger charge is 2.14. The van der Waals surface area contributed by atoms with Gasteiger partial charge >= 0.3 is 11.9 Å². The highest BCUT2D eigenvalue weighted by atomic mass is 19.1. The Hall–Kier alpha value is -2.69. The number of ether oxygens (including phenoxy) is 1. The van der Waals surface area contributed by atoms with Crippen LogP contribution in [0.25, 0.3) is 11.1 Å². The van der Waals surface area contributed by atoms with E-state index in [4.69, 9.17) is 5.11 Å². The van der Waals surface area contributed by atoms with Crippen molar-refractivity contribution in [2.75, 3.05) is 7.11 Å². The lowest BCUT2D eigenvalue weighted by molar-refractivity contribution is 0.0594. The summed E-state index contributed by atoms with van der Waals surface area (Å²) < 4.78 is 18.0. The van der Waals surface area contributed by atoms with Crippen molar-refractivity contribution < 1.29 is 23.8 Å². The van der Waals surface area contributed by atoms with Crippen LogP contribution >= 0.6 is 0 Å². The third-order valence-corrected chi connectivity index (χ3v) is 2.81. The molecule has 1 N–H and O–H groups in total. The molecule has 0 radical (unpaired) electrons. The Labute approximate surface area is 114 Å². The fourth-order valence-corrected chi connectivity index (χ4v) is 1.80. The van der Waals surface area contributed by atoms with Gasteiger partial charge in [-0.05, 0) is 35.4 Å². The third kappa shape index (κ3) is 2.66. The van der Waals surface area contributed by atoms with Crippen LogP contribution in [-0.2, 0) is 4.74 Å². The molecule has 0 saturated carbocycles. The van der Waals surface area contributed by atoms with Crippen LogP contribution in [0, 0.1) is 5.82 Å². The van der Waals surface area contributed by atoms with Crippen molar-refractivity contribution in [3.05, 3.63) is 59.4 Å². The smallest absolute Gasteiger partial charge is 0.340 e. The monoisotopic (exact) mass is 274 g/mol. The number of rotatable bonds is 3. The molecule has 5 heteroatoms. The van der Waals surface area contributed by atoms with Crippen LogP contribution in [0.1, 0.15) is 20.7 Å². The molecule has 2 rings (SSSR count). The quantitative estimate of drug-likeness (QED) is 0.874. The molecule has 0 spiro atoms. The highest BCUT2D eigenvalue weighted by molar-refractivity contribution is 5.92. The van der Waals surface area contributed by atoms with Gasteiger partial charge in [0.25, 0.3) is 0 Å². The third-order valence-electron chi connectivity index (χ3n) is 2.81. The Morgan fingerprint density at radius 2 is 1.80 bits per heavy atom. The zero-order valence-electron chi connectivity index (χ0n) is 10.6. The summed E-state index contributed by atoms with van der Waals surface area (Å²) >= 11 is 0. The number of benzene rings is 2. The molecule has 0 aromatic heterocycles. The number of methoxy groups -OCH3 is 1. The maximum atomic E-state index is 13.5. The van der Waals surface area contributed by atoms with E-state index in [0.29, 0.717) is 11.1 Å². The zero-order chi connectivity index (χ0) is 14.7. The van der Waals surface area contributed by atoms with Gasteiger partial charge in [0.05, 0.1) is 18.2 Å². The molecular formula is C15H11FO4. The van der Waals surface area contributed by atoms with Crippen LogP contribution in [0.5, 0.6) is 0 Å². The number of esters is 1. The molecule has 0 fully saturated rings. The van der Waals surface area contributed by atoms with Crippen molar-refractivity contribution in [2.45, 2.75) is 0 Å². The molecular weight excluding hydrogens is 263 g/mol. The number of hydrogen-bond donors (Lipinski definition) is 1. The SMILES string of the molecule is COC(=O)c1cc(-c2cccc(C(=O)O)c2)ccc1F. The Morgan fingerprint density at radius 3 is 2.45 bits per heavy atom. The summed E-state index contributed by atoms with van der Waals surface area (Å²) in [4.78, 5) is 22.4. The van der Waals surface area contributed by atoms with Gasteiger partial charge in [-0.2, -0.15) is 0 Å². The molecule has 0 saturated heterocycles. The van der Waals surface area contributed by atoms with E-state index >= 15 is 0 Å². The molecule has 4 nitrogen and oxygen atoms in total. The summed E-state index contributed by atoms with van der Waals surface area (Å²) in [7, 11) is 1.17. The first-order valence-electron chi connectivity index (χ1n) is 5.74. The maximum Gasteiger partial charge on any atom is 0.340 e. The first kappa shape index (κ1) is 13.7. The Morgan fingerprint density at radius 1 is 1.10 bits per heavy atom. The maximum absolute atomic E-state index is 13.5. The number of carbonyl (C=O) groups excluding carboxylic acids is 1. The summed E-state index contributed by atoms with van der Waals surface area (Å²) in [6, 6.07) is 10.1. The summed E-state index contributed by atoms with van der Waals surface area (Å²) in [5.41, 5.74) is 1.04. The van der Waals surface area contributed by atoms with Gasteiger partial charge in [-0.1, -0.05) is 18.2 Å². The number of halogens is 1. The second kappa shape index (κ2) is 5.52. The van der Waals surface area contributed by atoms with E-state index in [-0.39, 0.29) is 11.1 Å². The Bertz CT molecular complexity index is 679. The van der Waals surface area contributed by atoms with Crippen molar-refractivity contribution in [3.8, 4) is 11.1 Å². The molecule has 0 bridgehead atoms.